The number of rotatable bonds is 3. The molecule has 100 valence electrons. The Labute approximate surface area is 118 Å². The van der Waals surface area contributed by atoms with E-state index < -0.39 is 0 Å². The molecule has 0 aliphatic carbocycles. The molecule has 1 saturated heterocycles. The lowest BCUT2D eigenvalue weighted by Crippen LogP contribution is -2.32. The molecule has 0 saturated carbocycles. The van der Waals surface area contributed by atoms with Crippen molar-refractivity contribution in [2.45, 2.75) is 31.1 Å². The first-order valence-corrected chi connectivity index (χ1v) is 7.84. The largest absolute Gasteiger partial charge is 0.381 e. The summed E-state index contributed by atoms with van der Waals surface area (Å²) in [5.41, 5.74) is 2.35. The highest BCUT2D eigenvalue weighted by atomic mass is 32.2. The van der Waals surface area contributed by atoms with Crippen LogP contribution in [-0.4, -0.2) is 26.6 Å². The molecular formula is C15H19N3S. The van der Waals surface area contributed by atoms with Gasteiger partial charge in [-0.2, -0.15) is 11.8 Å². The third kappa shape index (κ3) is 2.95. The molecule has 3 nitrogen and oxygen atoms in total. The van der Waals surface area contributed by atoms with Crippen molar-refractivity contribution in [3.63, 3.8) is 0 Å². The smallest absolute Gasteiger partial charge is 0.0991 e. The van der Waals surface area contributed by atoms with Gasteiger partial charge in [-0.1, -0.05) is 13.0 Å². The molecule has 0 amide bonds. The van der Waals surface area contributed by atoms with E-state index >= 15 is 0 Å². The summed E-state index contributed by atoms with van der Waals surface area (Å²) in [6.07, 6.45) is 8.19. The van der Waals surface area contributed by atoms with Gasteiger partial charge in [0.2, 0.25) is 0 Å². The van der Waals surface area contributed by atoms with Crippen molar-refractivity contribution in [2.24, 2.45) is 0 Å². The first kappa shape index (κ1) is 12.6. The molecule has 4 heteroatoms. The maximum absolute atomic E-state index is 4.10. The second kappa shape index (κ2) is 5.70. The van der Waals surface area contributed by atoms with Gasteiger partial charge in [0.05, 0.1) is 6.33 Å². The number of nitrogens with one attached hydrogen (secondary N) is 1. The summed E-state index contributed by atoms with van der Waals surface area (Å²) in [6, 6.07) is 9.11. The van der Waals surface area contributed by atoms with Gasteiger partial charge >= 0.3 is 0 Å². The zero-order chi connectivity index (χ0) is 13.1. The van der Waals surface area contributed by atoms with Gasteiger partial charge in [-0.15, -0.1) is 0 Å². The van der Waals surface area contributed by atoms with Gasteiger partial charge in [0.1, 0.15) is 0 Å². The molecule has 1 aromatic carbocycles. The summed E-state index contributed by atoms with van der Waals surface area (Å²) in [7, 11) is 0. The Morgan fingerprint density at radius 1 is 1.42 bits per heavy atom. The number of thioether (sulfide) groups is 1. The van der Waals surface area contributed by atoms with Gasteiger partial charge in [-0.3, -0.25) is 0 Å². The molecule has 0 spiro atoms. The zero-order valence-electron chi connectivity index (χ0n) is 11.1. The molecule has 2 aromatic rings. The predicted octanol–water partition coefficient (Wildman–Crippen LogP) is 3.57. The number of aromatic nitrogens is 2. The van der Waals surface area contributed by atoms with Crippen LogP contribution in [-0.2, 0) is 0 Å². The third-order valence-electron chi connectivity index (χ3n) is 3.61. The Balaban J connectivity index is 1.76. The van der Waals surface area contributed by atoms with Crippen LogP contribution >= 0.6 is 11.8 Å². The molecule has 1 fully saturated rings. The van der Waals surface area contributed by atoms with E-state index in [0.717, 1.165) is 5.69 Å². The lowest BCUT2D eigenvalue weighted by Gasteiger charge is -2.30. The van der Waals surface area contributed by atoms with Crippen LogP contribution < -0.4 is 5.32 Å². The van der Waals surface area contributed by atoms with E-state index in [2.05, 4.69) is 53.3 Å². The Bertz CT molecular complexity index is 524. The van der Waals surface area contributed by atoms with E-state index in [-0.39, 0.29) is 0 Å². The number of nitrogens with zero attached hydrogens (tertiary/aromatic N) is 2. The van der Waals surface area contributed by atoms with Crippen LogP contribution in [0.4, 0.5) is 5.69 Å². The molecule has 0 bridgehead atoms. The normalized spacial score (nSPS) is 23.2. The second-order valence-electron chi connectivity index (χ2n) is 4.99. The fourth-order valence-electron chi connectivity index (χ4n) is 2.50. The molecule has 1 N–H and O–H groups in total. The minimum Gasteiger partial charge on any atom is -0.381 e. The van der Waals surface area contributed by atoms with Crippen LogP contribution in [0, 0.1) is 0 Å². The molecule has 1 aromatic heterocycles. The van der Waals surface area contributed by atoms with Crippen molar-refractivity contribution in [2.75, 3.05) is 11.1 Å². The van der Waals surface area contributed by atoms with Crippen LogP contribution in [0.25, 0.3) is 5.69 Å². The van der Waals surface area contributed by atoms with Gasteiger partial charge in [-0.25, -0.2) is 4.98 Å². The van der Waals surface area contributed by atoms with Crippen LogP contribution in [0.15, 0.2) is 43.0 Å². The fourth-order valence-corrected chi connectivity index (χ4v) is 3.64. The summed E-state index contributed by atoms with van der Waals surface area (Å²) in [6.45, 7) is 2.32. The van der Waals surface area contributed by atoms with Crippen molar-refractivity contribution in [1.29, 1.82) is 0 Å². The van der Waals surface area contributed by atoms with E-state index in [1.807, 2.05) is 17.1 Å². The Morgan fingerprint density at radius 2 is 2.37 bits per heavy atom. The Hall–Kier alpha value is -1.42. The van der Waals surface area contributed by atoms with Crippen molar-refractivity contribution in [3.05, 3.63) is 43.0 Å². The average molecular weight is 273 g/mol. The molecule has 2 unspecified atom stereocenters. The Kier molecular flexibility index (Phi) is 3.78. The summed E-state index contributed by atoms with van der Waals surface area (Å²) in [5.74, 6) is 1.30. The molecule has 0 radical (unpaired) electrons. The van der Waals surface area contributed by atoms with Gasteiger partial charge < -0.3 is 9.88 Å². The molecule has 19 heavy (non-hydrogen) atoms. The minimum absolute atomic E-state index is 0.580. The van der Waals surface area contributed by atoms with Crippen molar-refractivity contribution < 1.29 is 0 Å². The minimum atomic E-state index is 0.580. The SMILES string of the molecule is CC1SCCCC1Nc1cccc(-n2ccnc2)c1. The van der Waals surface area contributed by atoms with Crippen LogP contribution in [0.5, 0.6) is 0 Å². The van der Waals surface area contributed by atoms with E-state index in [1.54, 1.807) is 6.20 Å². The first-order chi connectivity index (χ1) is 9.33. The van der Waals surface area contributed by atoms with Crippen LogP contribution in [0.3, 0.4) is 0 Å². The van der Waals surface area contributed by atoms with Gasteiger partial charge in [0, 0.05) is 35.1 Å². The van der Waals surface area contributed by atoms with E-state index in [1.165, 1.54) is 24.3 Å². The van der Waals surface area contributed by atoms with Crippen LogP contribution in [0.1, 0.15) is 19.8 Å². The highest BCUT2D eigenvalue weighted by Gasteiger charge is 2.21. The molecule has 3 rings (SSSR count). The van der Waals surface area contributed by atoms with Crippen molar-refractivity contribution in [3.8, 4) is 5.69 Å². The molecular weight excluding hydrogens is 254 g/mol. The monoisotopic (exact) mass is 273 g/mol. The topological polar surface area (TPSA) is 29.9 Å². The quantitative estimate of drug-likeness (QED) is 0.927. The van der Waals surface area contributed by atoms with Crippen LogP contribution in [0.2, 0.25) is 0 Å². The molecule has 2 heterocycles. The van der Waals surface area contributed by atoms with E-state index in [9.17, 15) is 0 Å². The lowest BCUT2D eigenvalue weighted by molar-refractivity contribution is 0.617. The first-order valence-electron chi connectivity index (χ1n) is 6.79. The van der Waals surface area contributed by atoms with Gasteiger partial charge in [0.15, 0.2) is 0 Å². The standard InChI is InChI=1S/C15H19N3S/c1-12-15(6-3-9-19-12)17-13-4-2-5-14(10-13)18-8-7-16-11-18/h2,4-5,7-8,10-12,15,17H,3,6,9H2,1H3. The lowest BCUT2D eigenvalue weighted by atomic mass is 10.1. The summed E-state index contributed by atoms with van der Waals surface area (Å²) in [4.78, 5) is 4.10. The number of benzene rings is 1. The zero-order valence-corrected chi connectivity index (χ0v) is 11.9. The summed E-state index contributed by atoms with van der Waals surface area (Å²) < 4.78 is 2.03. The third-order valence-corrected chi connectivity index (χ3v) is 4.99. The number of imidazole rings is 1. The average Bonchev–Trinajstić information content (AvgIpc) is 2.96. The molecule has 2 atom stereocenters. The molecule has 1 aliphatic heterocycles. The fraction of sp³-hybridized carbons (Fsp3) is 0.400. The second-order valence-corrected chi connectivity index (χ2v) is 6.47. The van der Waals surface area contributed by atoms with Gasteiger partial charge in [-0.05, 0) is 36.8 Å². The summed E-state index contributed by atoms with van der Waals surface area (Å²) in [5, 5.41) is 4.36. The highest BCUT2D eigenvalue weighted by molar-refractivity contribution is 8.00. The van der Waals surface area contributed by atoms with E-state index in [0.29, 0.717) is 11.3 Å². The number of anilines is 1. The number of hydrogen-bond acceptors (Lipinski definition) is 3. The molecule has 1 aliphatic rings. The number of hydrogen-bond donors (Lipinski definition) is 1. The van der Waals surface area contributed by atoms with Gasteiger partial charge in [0.25, 0.3) is 0 Å². The van der Waals surface area contributed by atoms with Crippen molar-refractivity contribution >= 4 is 17.4 Å². The van der Waals surface area contributed by atoms with Crippen molar-refractivity contribution in [1.82, 2.24) is 9.55 Å². The highest BCUT2D eigenvalue weighted by Crippen LogP contribution is 2.28. The predicted molar refractivity (Wildman–Crippen MR) is 82.1 cm³/mol. The maximum Gasteiger partial charge on any atom is 0.0991 e. The van der Waals surface area contributed by atoms with E-state index in [4.69, 9.17) is 0 Å². The summed E-state index contributed by atoms with van der Waals surface area (Å²) >= 11 is 2.07. The maximum atomic E-state index is 4.10. The Morgan fingerprint density at radius 3 is 3.16 bits per heavy atom.